The Hall–Kier alpha value is -1.29. The van der Waals surface area contributed by atoms with Crippen LogP contribution in [0.15, 0.2) is 18.3 Å². The molecule has 0 radical (unpaired) electrons. The van der Waals surface area contributed by atoms with Crippen LogP contribution in [0.25, 0.3) is 0 Å². The minimum atomic E-state index is 0.511. The van der Waals surface area contributed by atoms with E-state index in [0.717, 1.165) is 37.6 Å². The topological polar surface area (TPSA) is 37.4 Å². The Kier molecular flexibility index (Phi) is 3.62. The second kappa shape index (κ2) is 5.16. The third-order valence-electron chi connectivity index (χ3n) is 2.79. The average Bonchev–Trinajstić information content (AvgIpc) is 2.31. The molecule has 2 rings (SSSR count). The van der Waals surface area contributed by atoms with E-state index in [1.165, 1.54) is 0 Å². The highest BCUT2D eigenvalue weighted by Crippen LogP contribution is 2.23. The molecule has 0 aromatic carbocycles. The Bertz CT molecular complexity index is 335. The molecule has 1 aromatic heterocycles. The molecule has 1 aliphatic heterocycles. The Morgan fingerprint density at radius 2 is 2.12 bits per heavy atom. The Morgan fingerprint density at radius 3 is 2.81 bits per heavy atom. The third kappa shape index (κ3) is 2.64. The summed E-state index contributed by atoms with van der Waals surface area (Å²) >= 11 is 0. The SMILES string of the molecule is CN(C)c1ncccc1NC1CCOCC1. The second-order valence-electron chi connectivity index (χ2n) is 4.30. The maximum Gasteiger partial charge on any atom is 0.151 e. The molecule has 0 spiro atoms. The molecule has 16 heavy (non-hydrogen) atoms. The molecule has 0 saturated carbocycles. The van der Waals surface area contributed by atoms with E-state index in [0.29, 0.717) is 6.04 Å². The van der Waals surface area contributed by atoms with Crippen molar-refractivity contribution in [2.24, 2.45) is 0 Å². The van der Waals surface area contributed by atoms with E-state index in [1.54, 1.807) is 0 Å². The summed E-state index contributed by atoms with van der Waals surface area (Å²) in [5, 5.41) is 3.55. The lowest BCUT2D eigenvalue weighted by atomic mass is 10.1. The number of anilines is 2. The highest BCUT2D eigenvalue weighted by atomic mass is 16.5. The molecule has 0 atom stereocenters. The predicted octanol–water partition coefficient (Wildman–Crippen LogP) is 1.74. The molecule has 1 aromatic rings. The first-order chi connectivity index (χ1) is 7.77. The van der Waals surface area contributed by atoms with Gasteiger partial charge in [0.05, 0.1) is 5.69 Å². The molecule has 0 amide bonds. The maximum atomic E-state index is 5.35. The number of hydrogen-bond acceptors (Lipinski definition) is 4. The number of rotatable bonds is 3. The smallest absolute Gasteiger partial charge is 0.151 e. The van der Waals surface area contributed by atoms with E-state index < -0.39 is 0 Å². The maximum absolute atomic E-state index is 5.35. The van der Waals surface area contributed by atoms with Gasteiger partial charge in [-0.25, -0.2) is 4.98 Å². The second-order valence-corrected chi connectivity index (χ2v) is 4.30. The predicted molar refractivity (Wildman–Crippen MR) is 66.0 cm³/mol. The molecule has 0 unspecified atom stereocenters. The van der Waals surface area contributed by atoms with Crippen LogP contribution in [0.3, 0.4) is 0 Å². The van der Waals surface area contributed by atoms with Crippen LogP contribution in [0.5, 0.6) is 0 Å². The van der Waals surface area contributed by atoms with Crippen molar-refractivity contribution in [2.45, 2.75) is 18.9 Å². The van der Waals surface area contributed by atoms with Gasteiger partial charge in [0.1, 0.15) is 0 Å². The molecule has 1 aliphatic rings. The van der Waals surface area contributed by atoms with Crippen molar-refractivity contribution < 1.29 is 4.74 Å². The number of nitrogens with zero attached hydrogens (tertiary/aromatic N) is 2. The van der Waals surface area contributed by atoms with Crippen molar-refractivity contribution >= 4 is 11.5 Å². The number of pyridine rings is 1. The minimum Gasteiger partial charge on any atom is -0.381 e. The van der Waals surface area contributed by atoms with Crippen LogP contribution in [0.2, 0.25) is 0 Å². The standard InChI is InChI=1S/C12H19N3O/c1-15(2)12-11(4-3-7-13-12)14-10-5-8-16-9-6-10/h3-4,7,10,14H,5-6,8-9H2,1-2H3. The Morgan fingerprint density at radius 1 is 1.38 bits per heavy atom. The van der Waals surface area contributed by atoms with E-state index in [4.69, 9.17) is 4.74 Å². The largest absolute Gasteiger partial charge is 0.381 e. The van der Waals surface area contributed by atoms with E-state index in [9.17, 15) is 0 Å². The minimum absolute atomic E-state index is 0.511. The summed E-state index contributed by atoms with van der Waals surface area (Å²) in [7, 11) is 4.02. The quantitative estimate of drug-likeness (QED) is 0.843. The van der Waals surface area contributed by atoms with Crippen molar-refractivity contribution in [1.82, 2.24) is 4.98 Å². The first-order valence-corrected chi connectivity index (χ1v) is 5.74. The highest BCUT2D eigenvalue weighted by molar-refractivity contribution is 5.65. The van der Waals surface area contributed by atoms with Gasteiger partial charge in [0.15, 0.2) is 5.82 Å². The number of aromatic nitrogens is 1. The number of ether oxygens (including phenoxy) is 1. The fraction of sp³-hybridized carbons (Fsp3) is 0.583. The number of hydrogen-bond donors (Lipinski definition) is 1. The van der Waals surface area contributed by atoms with Gasteiger partial charge in [0.2, 0.25) is 0 Å². The van der Waals surface area contributed by atoms with Crippen molar-refractivity contribution in [3.8, 4) is 0 Å². The molecule has 4 nitrogen and oxygen atoms in total. The van der Waals surface area contributed by atoms with Crippen LogP contribution < -0.4 is 10.2 Å². The van der Waals surface area contributed by atoms with Crippen LogP contribution in [-0.2, 0) is 4.74 Å². The van der Waals surface area contributed by atoms with Gasteiger partial charge in [0, 0.05) is 39.5 Å². The highest BCUT2D eigenvalue weighted by Gasteiger charge is 2.15. The first kappa shape index (κ1) is 11.2. The molecule has 4 heteroatoms. The van der Waals surface area contributed by atoms with Gasteiger partial charge in [-0.05, 0) is 25.0 Å². The molecule has 1 saturated heterocycles. The summed E-state index contributed by atoms with van der Waals surface area (Å²) in [5.41, 5.74) is 1.11. The van der Waals surface area contributed by atoms with Gasteiger partial charge < -0.3 is 15.0 Å². The fourth-order valence-corrected chi connectivity index (χ4v) is 1.93. The fourth-order valence-electron chi connectivity index (χ4n) is 1.93. The summed E-state index contributed by atoms with van der Waals surface area (Å²) in [6, 6.07) is 4.56. The van der Waals surface area contributed by atoms with Crippen molar-refractivity contribution in [3.05, 3.63) is 18.3 Å². The van der Waals surface area contributed by atoms with Gasteiger partial charge in [-0.3, -0.25) is 0 Å². The van der Waals surface area contributed by atoms with Gasteiger partial charge in [-0.2, -0.15) is 0 Å². The lowest BCUT2D eigenvalue weighted by Gasteiger charge is -2.26. The summed E-state index contributed by atoms with van der Waals surface area (Å²) in [4.78, 5) is 6.41. The summed E-state index contributed by atoms with van der Waals surface area (Å²) in [5.74, 6) is 0.994. The van der Waals surface area contributed by atoms with Crippen LogP contribution in [0.4, 0.5) is 11.5 Å². The molecule has 1 fully saturated rings. The molecule has 0 bridgehead atoms. The molecular formula is C12H19N3O. The van der Waals surface area contributed by atoms with Gasteiger partial charge in [-0.15, -0.1) is 0 Å². The molecule has 0 aliphatic carbocycles. The monoisotopic (exact) mass is 221 g/mol. The zero-order valence-electron chi connectivity index (χ0n) is 9.94. The van der Waals surface area contributed by atoms with Crippen molar-refractivity contribution in [2.75, 3.05) is 37.5 Å². The van der Waals surface area contributed by atoms with Gasteiger partial charge in [-0.1, -0.05) is 0 Å². The lowest BCUT2D eigenvalue weighted by molar-refractivity contribution is 0.0904. The van der Waals surface area contributed by atoms with E-state index in [-0.39, 0.29) is 0 Å². The van der Waals surface area contributed by atoms with Crippen molar-refractivity contribution in [3.63, 3.8) is 0 Å². The number of nitrogens with one attached hydrogen (secondary N) is 1. The zero-order chi connectivity index (χ0) is 11.4. The Balaban J connectivity index is 2.07. The van der Waals surface area contributed by atoms with Crippen LogP contribution >= 0.6 is 0 Å². The van der Waals surface area contributed by atoms with E-state index in [2.05, 4.69) is 16.4 Å². The lowest BCUT2D eigenvalue weighted by Crippen LogP contribution is -2.28. The molecule has 88 valence electrons. The van der Waals surface area contributed by atoms with Gasteiger partial charge in [0.25, 0.3) is 0 Å². The molecule has 2 heterocycles. The summed E-state index contributed by atoms with van der Waals surface area (Å²) < 4.78 is 5.35. The van der Waals surface area contributed by atoms with Gasteiger partial charge >= 0.3 is 0 Å². The molecular weight excluding hydrogens is 202 g/mol. The normalized spacial score (nSPS) is 17.1. The van der Waals surface area contributed by atoms with Crippen LogP contribution in [-0.4, -0.2) is 38.3 Å². The summed E-state index contributed by atoms with van der Waals surface area (Å²) in [6.45, 7) is 1.71. The summed E-state index contributed by atoms with van der Waals surface area (Å²) in [6.07, 6.45) is 3.97. The third-order valence-corrected chi connectivity index (χ3v) is 2.79. The van der Waals surface area contributed by atoms with E-state index in [1.807, 2.05) is 31.3 Å². The van der Waals surface area contributed by atoms with Crippen LogP contribution in [0.1, 0.15) is 12.8 Å². The van der Waals surface area contributed by atoms with Crippen LogP contribution in [0, 0.1) is 0 Å². The average molecular weight is 221 g/mol. The zero-order valence-corrected chi connectivity index (χ0v) is 9.94. The van der Waals surface area contributed by atoms with Crippen molar-refractivity contribution in [1.29, 1.82) is 0 Å². The van der Waals surface area contributed by atoms with E-state index >= 15 is 0 Å². The molecule has 1 N–H and O–H groups in total. The first-order valence-electron chi connectivity index (χ1n) is 5.74. The Labute approximate surface area is 96.6 Å².